The molecular weight excluding hydrogens is 198 g/mol. The summed E-state index contributed by atoms with van der Waals surface area (Å²) in [7, 11) is 1.16. The molecule has 5 nitrogen and oxygen atoms in total. The lowest BCUT2D eigenvalue weighted by Gasteiger charge is -2.04. The first-order chi connectivity index (χ1) is 7.13. The molecule has 0 bridgehead atoms. The molecule has 0 aliphatic carbocycles. The summed E-state index contributed by atoms with van der Waals surface area (Å²) in [6.45, 7) is 0. The number of nitriles is 1. The summed E-state index contributed by atoms with van der Waals surface area (Å²) in [6, 6.07) is 3.86. The van der Waals surface area contributed by atoms with Crippen LogP contribution in [0.3, 0.4) is 0 Å². The third kappa shape index (κ3) is 1.94. The summed E-state index contributed by atoms with van der Waals surface area (Å²) in [4.78, 5) is 21.8. The van der Waals surface area contributed by atoms with Crippen LogP contribution in [0.1, 0.15) is 26.3 Å². The Morgan fingerprint density at radius 2 is 2.27 bits per heavy atom. The number of carbonyl (C=O) groups excluding carboxylic acids is 2. The summed E-state index contributed by atoms with van der Waals surface area (Å²) in [5.41, 5.74) is -0.120. The highest BCUT2D eigenvalue weighted by Gasteiger charge is 2.15. The average Bonchev–Trinajstić information content (AvgIpc) is 2.27. The lowest BCUT2D eigenvalue weighted by molar-refractivity contribution is 0.0598. The van der Waals surface area contributed by atoms with Crippen molar-refractivity contribution >= 4 is 12.3 Å². The molecule has 1 aromatic rings. The Labute approximate surface area is 85.5 Å². The highest BCUT2D eigenvalue weighted by atomic mass is 16.5. The van der Waals surface area contributed by atoms with Crippen molar-refractivity contribution < 1.29 is 19.4 Å². The van der Waals surface area contributed by atoms with E-state index in [1.54, 1.807) is 6.07 Å². The molecule has 1 rings (SSSR count). The summed E-state index contributed by atoms with van der Waals surface area (Å²) < 4.78 is 4.42. The standard InChI is InChI=1S/C10H7NO4/c1-15-10(14)8-3-9(13)6(4-11)2-7(8)5-12/h2-3,5,13H,1H3. The van der Waals surface area contributed by atoms with Crippen LogP contribution < -0.4 is 0 Å². The van der Waals surface area contributed by atoms with Crippen LogP contribution in [0.5, 0.6) is 5.75 Å². The van der Waals surface area contributed by atoms with E-state index in [0.717, 1.165) is 19.2 Å². The zero-order valence-electron chi connectivity index (χ0n) is 7.85. The van der Waals surface area contributed by atoms with Gasteiger partial charge in [-0.25, -0.2) is 4.79 Å². The van der Waals surface area contributed by atoms with E-state index in [0.29, 0.717) is 6.29 Å². The van der Waals surface area contributed by atoms with Gasteiger partial charge < -0.3 is 9.84 Å². The van der Waals surface area contributed by atoms with E-state index in [2.05, 4.69) is 4.74 Å². The molecule has 0 aliphatic heterocycles. The van der Waals surface area contributed by atoms with Crippen LogP contribution in [0.2, 0.25) is 0 Å². The number of esters is 1. The minimum absolute atomic E-state index is 0.0104. The Morgan fingerprint density at radius 3 is 2.73 bits per heavy atom. The third-order valence-electron chi connectivity index (χ3n) is 1.82. The molecular formula is C10H7NO4. The van der Waals surface area contributed by atoms with Crippen molar-refractivity contribution in [3.05, 3.63) is 28.8 Å². The number of phenolic OH excluding ortho intramolecular Hbond substituents is 1. The fourth-order valence-corrected chi connectivity index (χ4v) is 1.08. The fraction of sp³-hybridized carbons (Fsp3) is 0.100. The van der Waals surface area contributed by atoms with Crippen molar-refractivity contribution in [2.24, 2.45) is 0 Å². The Kier molecular flexibility index (Phi) is 3.03. The monoisotopic (exact) mass is 205 g/mol. The van der Waals surface area contributed by atoms with Crippen molar-refractivity contribution in [2.75, 3.05) is 7.11 Å². The second-order valence-corrected chi connectivity index (χ2v) is 2.68. The molecule has 0 amide bonds. The second kappa shape index (κ2) is 4.24. The first-order valence-corrected chi connectivity index (χ1v) is 3.94. The zero-order chi connectivity index (χ0) is 11.4. The van der Waals surface area contributed by atoms with Crippen LogP contribution in [-0.2, 0) is 4.74 Å². The summed E-state index contributed by atoms with van der Waals surface area (Å²) >= 11 is 0. The van der Waals surface area contributed by atoms with E-state index in [4.69, 9.17) is 5.26 Å². The van der Waals surface area contributed by atoms with Crippen LogP contribution in [0.25, 0.3) is 0 Å². The van der Waals surface area contributed by atoms with Crippen molar-refractivity contribution in [3.8, 4) is 11.8 Å². The van der Waals surface area contributed by atoms with Crippen LogP contribution >= 0.6 is 0 Å². The smallest absolute Gasteiger partial charge is 0.338 e. The van der Waals surface area contributed by atoms with E-state index in [1.807, 2.05) is 0 Å². The highest BCUT2D eigenvalue weighted by molar-refractivity contribution is 5.99. The topological polar surface area (TPSA) is 87.4 Å². The van der Waals surface area contributed by atoms with E-state index in [-0.39, 0.29) is 22.4 Å². The van der Waals surface area contributed by atoms with Crippen LogP contribution in [-0.4, -0.2) is 24.5 Å². The SMILES string of the molecule is COC(=O)c1cc(O)c(C#N)cc1C=O. The van der Waals surface area contributed by atoms with Crippen molar-refractivity contribution in [3.63, 3.8) is 0 Å². The summed E-state index contributed by atoms with van der Waals surface area (Å²) in [5, 5.41) is 17.9. The van der Waals surface area contributed by atoms with E-state index in [9.17, 15) is 14.7 Å². The number of rotatable bonds is 2. The van der Waals surface area contributed by atoms with Gasteiger partial charge in [0.15, 0.2) is 6.29 Å². The molecule has 0 aromatic heterocycles. The number of hydrogen-bond donors (Lipinski definition) is 1. The largest absolute Gasteiger partial charge is 0.507 e. The van der Waals surface area contributed by atoms with E-state index in [1.165, 1.54) is 0 Å². The fourth-order valence-electron chi connectivity index (χ4n) is 1.08. The van der Waals surface area contributed by atoms with Gasteiger partial charge in [-0.1, -0.05) is 0 Å². The summed E-state index contributed by atoms with van der Waals surface area (Å²) in [6.07, 6.45) is 0.423. The maximum Gasteiger partial charge on any atom is 0.338 e. The molecule has 0 atom stereocenters. The molecule has 0 saturated heterocycles. The van der Waals surface area contributed by atoms with Gasteiger partial charge in [-0.2, -0.15) is 5.26 Å². The number of aromatic hydroxyl groups is 1. The van der Waals surface area contributed by atoms with Gasteiger partial charge in [0.2, 0.25) is 0 Å². The predicted molar refractivity (Wildman–Crippen MR) is 49.5 cm³/mol. The number of phenols is 1. The van der Waals surface area contributed by atoms with E-state index < -0.39 is 5.97 Å². The average molecular weight is 205 g/mol. The van der Waals surface area contributed by atoms with Gasteiger partial charge in [0.05, 0.1) is 18.2 Å². The van der Waals surface area contributed by atoms with Gasteiger partial charge in [0.1, 0.15) is 11.8 Å². The number of aldehydes is 1. The maximum atomic E-state index is 11.2. The third-order valence-corrected chi connectivity index (χ3v) is 1.82. The number of benzene rings is 1. The molecule has 5 heteroatoms. The molecule has 0 unspecified atom stereocenters. The molecule has 1 N–H and O–H groups in total. The van der Waals surface area contributed by atoms with Crippen LogP contribution in [0, 0.1) is 11.3 Å². The maximum absolute atomic E-state index is 11.2. The van der Waals surface area contributed by atoms with Gasteiger partial charge >= 0.3 is 5.97 Å². The highest BCUT2D eigenvalue weighted by Crippen LogP contribution is 2.21. The normalized spacial score (nSPS) is 9.07. The number of carbonyl (C=O) groups is 2. The molecule has 15 heavy (non-hydrogen) atoms. The molecule has 0 heterocycles. The minimum atomic E-state index is -0.739. The van der Waals surface area contributed by atoms with Gasteiger partial charge in [-0.3, -0.25) is 4.79 Å². The molecule has 0 aliphatic rings. The second-order valence-electron chi connectivity index (χ2n) is 2.68. The lowest BCUT2D eigenvalue weighted by atomic mass is 10.0. The first kappa shape index (κ1) is 10.7. The Hall–Kier alpha value is -2.35. The number of methoxy groups -OCH3 is 1. The number of ether oxygens (including phenoxy) is 1. The number of hydrogen-bond acceptors (Lipinski definition) is 5. The van der Waals surface area contributed by atoms with E-state index >= 15 is 0 Å². The molecule has 0 saturated carbocycles. The number of nitrogens with zero attached hydrogens (tertiary/aromatic N) is 1. The van der Waals surface area contributed by atoms with Crippen molar-refractivity contribution in [1.82, 2.24) is 0 Å². The van der Waals surface area contributed by atoms with Crippen molar-refractivity contribution in [1.29, 1.82) is 5.26 Å². The Bertz CT molecular complexity index is 459. The predicted octanol–water partition coefficient (Wildman–Crippen LogP) is 0.863. The van der Waals surface area contributed by atoms with Gasteiger partial charge in [-0.05, 0) is 12.1 Å². The van der Waals surface area contributed by atoms with Gasteiger partial charge in [0, 0.05) is 5.56 Å². The first-order valence-electron chi connectivity index (χ1n) is 3.94. The molecule has 0 fully saturated rings. The molecule has 0 spiro atoms. The minimum Gasteiger partial charge on any atom is -0.507 e. The lowest BCUT2D eigenvalue weighted by Crippen LogP contribution is -2.05. The quantitative estimate of drug-likeness (QED) is 0.571. The molecule has 76 valence electrons. The zero-order valence-corrected chi connectivity index (χ0v) is 7.85. The Balaban J connectivity index is 3.41. The van der Waals surface area contributed by atoms with Crippen LogP contribution in [0.15, 0.2) is 12.1 Å². The molecule has 0 radical (unpaired) electrons. The van der Waals surface area contributed by atoms with Gasteiger partial charge in [0.25, 0.3) is 0 Å². The Morgan fingerprint density at radius 1 is 1.60 bits per heavy atom. The van der Waals surface area contributed by atoms with Crippen molar-refractivity contribution in [2.45, 2.75) is 0 Å². The van der Waals surface area contributed by atoms with Gasteiger partial charge in [-0.15, -0.1) is 0 Å². The molecule has 1 aromatic carbocycles. The summed E-state index contributed by atoms with van der Waals surface area (Å²) in [5.74, 6) is -1.10. The van der Waals surface area contributed by atoms with Crippen LogP contribution in [0.4, 0.5) is 0 Å².